The van der Waals surface area contributed by atoms with Gasteiger partial charge in [0.2, 0.25) is 0 Å². The van der Waals surface area contributed by atoms with Gasteiger partial charge in [0, 0.05) is 6.54 Å². The topological polar surface area (TPSA) is 119 Å². The lowest BCUT2D eigenvalue weighted by Gasteiger charge is -2.11. The quantitative estimate of drug-likeness (QED) is 0.599. The number of rotatable bonds is 8. The number of carbonyl (C=O) groups excluding carboxylic acids is 2. The molecule has 4 N–H and O–H groups in total. The van der Waals surface area contributed by atoms with E-state index in [1.807, 2.05) is 13.8 Å². The highest BCUT2D eigenvalue weighted by atomic mass is 79.9. The summed E-state index contributed by atoms with van der Waals surface area (Å²) in [5.74, 6) is 0.191. The lowest BCUT2D eigenvalue weighted by molar-refractivity contribution is -0.119. The number of ether oxygens (including phenoxy) is 2. The van der Waals surface area contributed by atoms with E-state index in [2.05, 4.69) is 31.4 Å². The fourth-order valence-corrected chi connectivity index (χ4v) is 3.05. The van der Waals surface area contributed by atoms with Gasteiger partial charge in [-0.3, -0.25) is 14.7 Å². The highest BCUT2D eigenvalue weighted by Crippen LogP contribution is 2.28. The van der Waals surface area contributed by atoms with Crippen LogP contribution in [0, 0.1) is 0 Å². The van der Waals surface area contributed by atoms with Gasteiger partial charge in [-0.25, -0.2) is 0 Å². The molecular formula is C17H21BrN4O4. The van der Waals surface area contributed by atoms with Crippen molar-refractivity contribution in [2.75, 3.05) is 13.7 Å². The van der Waals surface area contributed by atoms with Crippen molar-refractivity contribution >= 4 is 27.7 Å². The van der Waals surface area contributed by atoms with Gasteiger partial charge in [-0.05, 0) is 39.5 Å². The monoisotopic (exact) mass is 424 g/mol. The molecule has 0 bridgehead atoms. The molecular weight excluding hydrogens is 404 g/mol. The first kappa shape index (κ1) is 19.8. The Kier molecular flexibility index (Phi) is 6.62. The molecule has 0 fully saturated rings. The van der Waals surface area contributed by atoms with Crippen LogP contribution in [0.2, 0.25) is 0 Å². The molecule has 26 heavy (non-hydrogen) atoms. The minimum atomic E-state index is -0.575. The number of aromatic amines is 1. The maximum atomic E-state index is 12.3. The zero-order valence-electron chi connectivity index (χ0n) is 14.8. The predicted octanol–water partition coefficient (Wildman–Crippen LogP) is 2.10. The Morgan fingerprint density at radius 3 is 2.65 bits per heavy atom. The van der Waals surface area contributed by atoms with Crippen molar-refractivity contribution in [1.82, 2.24) is 15.5 Å². The summed E-state index contributed by atoms with van der Waals surface area (Å²) < 4.78 is 11.2. The average molecular weight is 425 g/mol. The Labute approximate surface area is 159 Å². The summed E-state index contributed by atoms with van der Waals surface area (Å²) in [4.78, 5) is 23.2. The molecule has 2 aromatic rings. The minimum Gasteiger partial charge on any atom is -0.493 e. The van der Waals surface area contributed by atoms with E-state index in [1.54, 1.807) is 18.2 Å². The van der Waals surface area contributed by atoms with Crippen LogP contribution in [0.4, 0.5) is 0 Å². The van der Waals surface area contributed by atoms with Gasteiger partial charge in [-0.1, -0.05) is 19.9 Å². The van der Waals surface area contributed by atoms with Gasteiger partial charge in [0.05, 0.1) is 17.3 Å². The molecule has 9 heteroatoms. The standard InChI is InChI=1S/C17H21BrN4O4/c1-9(2)15-14(18)16(22-21-15)17(24)20-7-10-4-5-11(12(6-10)25-3)26-8-13(19)23/h4-6,9H,7-8H2,1-3H3,(H2,19,23)(H,20,24)(H,21,22). The van der Waals surface area contributed by atoms with Crippen LogP contribution in [0.15, 0.2) is 22.7 Å². The Hall–Kier alpha value is -2.55. The first-order valence-corrected chi connectivity index (χ1v) is 8.72. The van der Waals surface area contributed by atoms with Crippen molar-refractivity contribution in [2.45, 2.75) is 26.3 Å². The van der Waals surface area contributed by atoms with E-state index < -0.39 is 5.91 Å². The minimum absolute atomic E-state index is 0.218. The normalized spacial score (nSPS) is 10.7. The second-order valence-electron chi connectivity index (χ2n) is 5.88. The molecule has 1 heterocycles. The molecule has 1 aromatic heterocycles. The summed E-state index contributed by atoms with van der Waals surface area (Å²) in [5, 5.41) is 9.74. The molecule has 2 amide bonds. The number of hydrogen-bond donors (Lipinski definition) is 3. The van der Waals surface area contributed by atoms with Gasteiger partial charge in [-0.15, -0.1) is 0 Å². The van der Waals surface area contributed by atoms with Crippen molar-refractivity contribution < 1.29 is 19.1 Å². The summed E-state index contributed by atoms with van der Waals surface area (Å²) in [7, 11) is 1.49. The van der Waals surface area contributed by atoms with Crippen LogP contribution in [-0.2, 0) is 11.3 Å². The fourth-order valence-electron chi connectivity index (χ4n) is 2.23. The van der Waals surface area contributed by atoms with E-state index in [0.717, 1.165) is 11.3 Å². The lowest BCUT2D eigenvalue weighted by Crippen LogP contribution is -2.23. The number of nitrogens with zero attached hydrogens (tertiary/aromatic N) is 1. The van der Waals surface area contributed by atoms with Crippen LogP contribution in [0.5, 0.6) is 11.5 Å². The van der Waals surface area contributed by atoms with Gasteiger partial charge in [0.25, 0.3) is 11.8 Å². The second kappa shape index (κ2) is 8.70. The van der Waals surface area contributed by atoms with Crippen LogP contribution < -0.4 is 20.5 Å². The van der Waals surface area contributed by atoms with Crippen molar-refractivity contribution in [2.24, 2.45) is 5.73 Å². The number of benzene rings is 1. The van der Waals surface area contributed by atoms with Crippen LogP contribution in [0.1, 0.15) is 41.5 Å². The van der Waals surface area contributed by atoms with E-state index in [0.29, 0.717) is 21.7 Å². The Balaban J connectivity index is 2.05. The summed E-state index contributed by atoms with van der Waals surface area (Å²) in [6.45, 7) is 4.06. The highest BCUT2D eigenvalue weighted by Gasteiger charge is 2.19. The van der Waals surface area contributed by atoms with Crippen molar-refractivity contribution in [3.8, 4) is 11.5 Å². The smallest absolute Gasteiger partial charge is 0.273 e. The Morgan fingerprint density at radius 2 is 2.08 bits per heavy atom. The van der Waals surface area contributed by atoms with E-state index in [4.69, 9.17) is 15.2 Å². The van der Waals surface area contributed by atoms with Crippen LogP contribution in [-0.4, -0.2) is 35.7 Å². The number of amides is 2. The molecule has 0 radical (unpaired) electrons. The van der Waals surface area contributed by atoms with Gasteiger partial charge in [-0.2, -0.15) is 5.10 Å². The molecule has 0 aliphatic heterocycles. The fraction of sp³-hybridized carbons (Fsp3) is 0.353. The van der Waals surface area contributed by atoms with Gasteiger partial charge >= 0.3 is 0 Å². The van der Waals surface area contributed by atoms with E-state index in [9.17, 15) is 9.59 Å². The Bertz CT molecular complexity index is 804. The lowest BCUT2D eigenvalue weighted by atomic mass is 10.1. The average Bonchev–Trinajstić information content (AvgIpc) is 2.99. The Morgan fingerprint density at radius 1 is 1.35 bits per heavy atom. The van der Waals surface area contributed by atoms with Crippen LogP contribution in [0.3, 0.4) is 0 Å². The molecule has 0 unspecified atom stereocenters. The van der Waals surface area contributed by atoms with Gasteiger partial charge in [0.1, 0.15) is 0 Å². The molecule has 0 saturated heterocycles. The number of aromatic nitrogens is 2. The predicted molar refractivity (Wildman–Crippen MR) is 99.2 cm³/mol. The number of halogens is 1. The highest BCUT2D eigenvalue weighted by molar-refractivity contribution is 9.10. The van der Waals surface area contributed by atoms with Crippen LogP contribution >= 0.6 is 15.9 Å². The van der Waals surface area contributed by atoms with Gasteiger partial charge in [0.15, 0.2) is 23.8 Å². The molecule has 0 saturated carbocycles. The molecule has 0 aliphatic carbocycles. The summed E-state index contributed by atoms with van der Waals surface area (Å²) in [6.07, 6.45) is 0. The van der Waals surface area contributed by atoms with Crippen molar-refractivity contribution in [3.05, 3.63) is 39.6 Å². The summed E-state index contributed by atoms with van der Waals surface area (Å²) >= 11 is 3.41. The zero-order valence-corrected chi connectivity index (χ0v) is 16.3. The summed E-state index contributed by atoms with van der Waals surface area (Å²) in [5.41, 5.74) is 7.04. The van der Waals surface area contributed by atoms with Crippen LogP contribution in [0.25, 0.3) is 0 Å². The molecule has 1 aromatic carbocycles. The van der Waals surface area contributed by atoms with Crippen molar-refractivity contribution in [1.29, 1.82) is 0 Å². The van der Waals surface area contributed by atoms with Crippen molar-refractivity contribution in [3.63, 3.8) is 0 Å². The van der Waals surface area contributed by atoms with E-state index >= 15 is 0 Å². The number of methoxy groups -OCH3 is 1. The maximum Gasteiger partial charge on any atom is 0.273 e. The largest absolute Gasteiger partial charge is 0.493 e. The zero-order chi connectivity index (χ0) is 19.3. The third-order valence-electron chi connectivity index (χ3n) is 3.58. The SMILES string of the molecule is COc1cc(CNC(=O)c2n[nH]c(C(C)C)c2Br)ccc1OCC(N)=O. The number of hydrogen-bond acceptors (Lipinski definition) is 5. The molecule has 140 valence electrons. The number of primary amides is 1. The summed E-state index contributed by atoms with van der Waals surface area (Å²) in [6, 6.07) is 5.14. The molecule has 2 rings (SSSR count). The molecule has 0 atom stereocenters. The first-order valence-electron chi connectivity index (χ1n) is 7.93. The number of nitrogens with one attached hydrogen (secondary N) is 2. The number of nitrogens with two attached hydrogens (primary N) is 1. The van der Waals surface area contributed by atoms with E-state index in [1.165, 1.54) is 7.11 Å². The molecule has 0 spiro atoms. The first-order chi connectivity index (χ1) is 12.3. The maximum absolute atomic E-state index is 12.3. The van der Waals surface area contributed by atoms with E-state index in [-0.39, 0.29) is 25.0 Å². The third-order valence-corrected chi connectivity index (χ3v) is 4.38. The third kappa shape index (κ3) is 4.75. The second-order valence-corrected chi connectivity index (χ2v) is 6.67. The number of H-pyrrole nitrogens is 1. The number of carbonyl (C=O) groups is 2. The van der Waals surface area contributed by atoms with Gasteiger partial charge < -0.3 is 20.5 Å². The molecule has 0 aliphatic rings. The molecule has 8 nitrogen and oxygen atoms in total.